The Morgan fingerprint density at radius 1 is 1.22 bits per heavy atom. The molecule has 0 radical (unpaired) electrons. The standard InChI is InChI=1S/C15H11ClF2N4O/c16-10-3-8(1-2-11(10)18)22-15-9-4-12(19)14(23-6-17)5-13(9)20-7-21-15/h1-5,7H,6,19H2,(H,20,21,22). The smallest absolute Gasteiger partial charge is 0.228 e. The quantitative estimate of drug-likeness (QED) is 0.703. The van der Waals surface area contributed by atoms with E-state index in [4.69, 9.17) is 22.1 Å². The molecule has 0 bridgehead atoms. The molecule has 0 spiro atoms. The van der Waals surface area contributed by atoms with Gasteiger partial charge in [-0.25, -0.2) is 18.7 Å². The van der Waals surface area contributed by atoms with Crippen LogP contribution < -0.4 is 15.8 Å². The molecule has 0 saturated carbocycles. The zero-order chi connectivity index (χ0) is 16.4. The van der Waals surface area contributed by atoms with Crippen molar-refractivity contribution in [1.29, 1.82) is 0 Å². The molecule has 8 heteroatoms. The highest BCUT2D eigenvalue weighted by atomic mass is 35.5. The molecule has 0 aliphatic heterocycles. The maximum Gasteiger partial charge on any atom is 0.228 e. The lowest BCUT2D eigenvalue weighted by Crippen LogP contribution is -2.00. The van der Waals surface area contributed by atoms with E-state index in [9.17, 15) is 8.78 Å². The summed E-state index contributed by atoms with van der Waals surface area (Å²) in [5.74, 6) is 0.146. The maximum atomic E-state index is 13.2. The third kappa shape index (κ3) is 3.09. The lowest BCUT2D eigenvalue weighted by Gasteiger charge is -2.11. The average molecular weight is 337 g/mol. The average Bonchev–Trinajstić information content (AvgIpc) is 2.53. The second-order valence-electron chi connectivity index (χ2n) is 4.64. The van der Waals surface area contributed by atoms with Gasteiger partial charge in [0.05, 0.1) is 16.2 Å². The van der Waals surface area contributed by atoms with Crippen LogP contribution in [0.2, 0.25) is 5.02 Å². The zero-order valence-electron chi connectivity index (χ0n) is 11.7. The normalized spacial score (nSPS) is 10.7. The van der Waals surface area contributed by atoms with Crippen LogP contribution in [-0.4, -0.2) is 16.8 Å². The first-order valence-electron chi connectivity index (χ1n) is 6.53. The SMILES string of the molecule is Nc1cc2c(Nc3ccc(F)c(Cl)c3)ncnc2cc1OCF. The first kappa shape index (κ1) is 15.2. The van der Waals surface area contributed by atoms with Crippen LogP contribution in [0.1, 0.15) is 0 Å². The molecule has 0 saturated heterocycles. The molecule has 3 rings (SSSR count). The molecular weight excluding hydrogens is 326 g/mol. The molecule has 2 aromatic carbocycles. The maximum absolute atomic E-state index is 13.2. The molecule has 0 unspecified atom stereocenters. The lowest BCUT2D eigenvalue weighted by molar-refractivity contribution is 0.193. The van der Waals surface area contributed by atoms with Gasteiger partial charge in [0.2, 0.25) is 6.86 Å². The fourth-order valence-electron chi connectivity index (χ4n) is 2.09. The minimum Gasteiger partial charge on any atom is -0.461 e. The highest BCUT2D eigenvalue weighted by molar-refractivity contribution is 6.31. The van der Waals surface area contributed by atoms with E-state index in [-0.39, 0.29) is 16.5 Å². The Labute approximate surface area is 135 Å². The van der Waals surface area contributed by atoms with Crippen molar-refractivity contribution in [2.45, 2.75) is 0 Å². The molecule has 23 heavy (non-hydrogen) atoms. The number of nitrogens with one attached hydrogen (secondary N) is 1. The van der Waals surface area contributed by atoms with Gasteiger partial charge in [0, 0.05) is 17.1 Å². The zero-order valence-corrected chi connectivity index (χ0v) is 12.4. The van der Waals surface area contributed by atoms with E-state index in [1.54, 1.807) is 6.07 Å². The van der Waals surface area contributed by atoms with Crippen molar-refractivity contribution in [2.75, 3.05) is 17.9 Å². The number of hydrogen-bond acceptors (Lipinski definition) is 5. The summed E-state index contributed by atoms with van der Waals surface area (Å²) < 4.78 is 30.3. The van der Waals surface area contributed by atoms with E-state index in [1.165, 1.54) is 30.6 Å². The third-order valence-corrected chi connectivity index (χ3v) is 3.45. The number of nitrogen functional groups attached to an aromatic ring is 1. The number of alkyl halides is 1. The third-order valence-electron chi connectivity index (χ3n) is 3.16. The van der Waals surface area contributed by atoms with Gasteiger partial charge in [0.1, 0.15) is 23.7 Å². The molecule has 0 aliphatic rings. The van der Waals surface area contributed by atoms with E-state index in [0.717, 1.165) is 0 Å². The van der Waals surface area contributed by atoms with Crippen LogP contribution in [0.5, 0.6) is 5.75 Å². The summed E-state index contributed by atoms with van der Waals surface area (Å²) in [4.78, 5) is 8.25. The van der Waals surface area contributed by atoms with Crippen LogP contribution in [-0.2, 0) is 0 Å². The molecular formula is C15H11ClF2N4O. The predicted octanol–water partition coefficient (Wildman–Crippen LogP) is 4.05. The first-order chi connectivity index (χ1) is 11.1. The Bertz CT molecular complexity index is 875. The van der Waals surface area contributed by atoms with Gasteiger partial charge in [-0.05, 0) is 24.3 Å². The van der Waals surface area contributed by atoms with Crippen molar-refractivity contribution in [3.8, 4) is 5.75 Å². The molecule has 3 N–H and O–H groups in total. The van der Waals surface area contributed by atoms with E-state index in [1.807, 2.05) is 0 Å². The first-order valence-corrected chi connectivity index (χ1v) is 6.91. The molecule has 5 nitrogen and oxygen atoms in total. The number of benzene rings is 2. The lowest BCUT2D eigenvalue weighted by atomic mass is 10.2. The molecule has 118 valence electrons. The Morgan fingerprint density at radius 2 is 2.04 bits per heavy atom. The van der Waals surface area contributed by atoms with E-state index < -0.39 is 12.7 Å². The number of hydrogen-bond donors (Lipinski definition) is 2. The van der Waals surface area contributed by atoms with Crippen molar-refractivity contribution in [3.63, 3.8) is 0 Å². The molecule has 1 heterocycles. The van der Waals surface area contributed by atoms with Crippen LogP contribution in [0.4, 0.5) is 26.0 Å². The van der Waals surface area contributed by atoms with Gasteiger partial charge < -0.3 is 15.8 Å². The van der Waals surface area contributed by atoms with Crippen LogP contribution >= 0.6 is 11.6 Å². The Hall–Kier alpha value is -2.67. The van der Waals surface area contributed by atoms with Gasteiger partial charge >= 0.3 is 0 Å². The minimum atomic E-state index is -0.986. The molecule has 0 amide bonds. The number of anilines is 3. The molecule has 0 aliphatic carbocycles. The Kier molecular flexibility index (Phi) is 4.12. The number of rotatable bonds is 4. The highest BCUT2D eigenvalue weighted by Crippen LogP contribution is 2.31. The summed E-state index contributed by atoms with van der Waals surface area (Å²) in [6, 6.07) is 7.31. The molecule has 0 fully saturated rings. The number of ether oxygens (including phenoxy) is 1. The number of nitrogens with zero attached hydrogens (tertiary/aromatic N) is 2. The van der Waals surface area contributed by atoms with Gasteiger partial charge in [-0.1, -0.05) is 11.6 Å². The number of fused-ring (bicyclic) bond motifs is 1. The summed E-state index contributed by atoms with van der Waals surface area (Å²) in [7, 11) is 0. The van der Waals surface area contributed by atoms with Gasteiger partial charge in [0.25, 0.3) is 0 Å². The highest BCUT2D eigenvalue weighted by Gasteiger charge is 2.10. The second-order valence-corrected chi connectivity index (χ2v) is 5.04. The van der Waals surface area contributed by atoms with Crippen molar-refractivity contribution >= 4 is 39.7 Å². The predicted molar refractivity (Wildman–Crippen MR) is 85.2 cm³/mol. The number of halogens is 3. The van der Waals surface area contributed by atoms with Crippen LogP contribution in [0.15, 0.2) is 36.7 Å². The minimum absolute atomic E-state index is 0.00786. The van der Waals surface area contributed by atoms with Crippen LogP contribution in [0, 0.1) is 5.82 Å². The fraction of sp³-hybridized carbons (Fsp3) is 0.0667. The summed E-state index contributed by atoms with van der Waals surface area (Å²) in [5.41, 5.74) is 7.16. The van der Waals surface area contributed by atoms with Crippen molar-refractivity contribution < 1.29 is 13.5 Å². The Morgan fingerprint density at radius 3 is 2.78 bits per heavy atom. The fourth-order valence-corrected chi connectivity index (χ4v) is 2.28. The summed E-state index contributed by atoms with van der Waals surface area (Å²) in [5, 5.41) is 3.62. The molecule has 1 aromatic heterocycles. The topological polar surface area (TPSA) is 73.1 Å². The molecule has 0 atom stereocenters. The summed E-state index contributed by atoms with van der Waals surface area (Å²) >= 11 is 5.76. The van der Waals surface area contributed by atoms with Gasteiger partial charge in [-0.2, -0.15) is 0 Å². The van der Waals surface area contributed by atoms with E-state index in [2.05, 4.69) is 15.3 Å². The van der Waals surface area contributed by atoms with Crippen molar-refractivity contribution in [2.24, 2.45) is 0 Å². The van der Waals surface area contributed by atoms with E-state index in [0.29, 0.717) is 22.4 Å². The van der Waals surface area contributed by atoms with Gasteiger partial charge in [-0.3, -0.25) is 0 Å². The monoisotopic (exact) mass is 336 g/mol. The van der Waals surface area contributed by atoms with Crippen LogP contribution in [0.3, 0.4) is 0 Å². The summed E-state index contributed by atoms with van der Waals surface area (Å²) in [6.45, 7) is -0.986. The van der Waals surface area contributed by atoms with Gasteiger partial charge in [-0.15, -0.1) is 0 Å². The Balaban J connectivity index is 2.03. The number of aromatic nitrogens is 2. The number of nitrogens with two attached hydrogens (primary N) is 1. The van der Waals surface area contributed by atoms with Crippen molar-refractivity contribution in [3.05, 3.63) is 47.5 Å². The largest absolute Gasteiger partial charge is 0.461 e. The molecule has 3 aromatic rings. The second kappa shape index (κ2) is 6.21. The van der Waals surface area contributed by atoms with Crippen LogP contribution in [0.25, 0.3) is 10.9 Å². The van der Waals surface area contributed by atoms with Gasteiger partial charge in [0.15, 0.2) is 0 Å². The summed E-state index contributed by atoms with van der Waals surface area (Å²) in [6.07, 6.45) is 1.34. The van der Waals surface area contributed by atoms with Crippen molar-refractivity contribution in [1.82, 2.24) is 9.97 Å². The van der Waals surface area contributed by atoms with E-state index >= 15 is 0 Å².